The topological polar surface area (TPSA) is 78.9 Å². The molecule has 0 radical (unpaired) electrons. The number of ether oxygens (including phenoxy) is 3. The first kappa shape index (κ1) is 37.9. The Morgan fingerprint density at radius 1 is 0.600 bits per heavy atom. The molecule has 40 heavy (non-hydrogen) atoms. The van der Waals surface area contributed by atoms with Crippen molar-refractivity contribution in [3.8, 4) is 0 Å². The Bertz CT molecular complexity index is 640. The molecular weight excluding hydrogens is 504 g/mol. The summed E-state index contributed by atoms with van der Waals surface area (Å²) in [4.78, 5) is 36.9. The van der Waals surface area contributed by atoms with E-state index < -0.39 is 6.10 Å². The first-order valence-electron chi connectivity index (χ1n) is 16.2. The normalized spacial score (nSPS) is 12.3. The van der Waals surface area contributed by atoms with Gasteiger partial charge in [0.1, 0.15) is 13.2 Å². The summed E-state index contributed by atoms with van der Waals surface area (Å²) in [5.74, 6) is -0.736. The monoisotopic (exact) mass is 564 g/mol. The summed E-state index contributed by atoms with van der Waals surface area (Å²) in [7, 11) is 0. The highest BCUT2D eigenvalue weighted by atomic mass is 16.6. The Morgan fingerprint density at radius 2 is 1.05 bits per heavy atom. The molecule has 0 aliphatic rings. The largest absolute Gasteiger partial charge is 0.462 e. The fraction of sp³-hybridized carbons (Fsp3) is 0.794. The number of unbranched alkanes of at least 4 members (excludes halogenated alkanes) is 10. The van der Waals surface area contributed by atoms with Crippen LogP contribution in [-0.2, 0) is 28.6 Å². The molecule has 0 heterocycles. The third kappa shape index (κ3) is 26.1. The molecule has 0 aromatic heterocycles. The summed E-state index contributed by atoms with van der Waals surface area (Å²) in [6.07, 6.45) is 25.9. The van der Waals surface area contributed by atoms with Gasteiger partial charge in [0.25, 0.3) is 0 Å². The van der Waals surface area contributed by atoms with Gasteiger partial charge in [0.05, 0.1) is 0 Å². The Labute approximate surface area is 245 Å². The van der Waals surface area contributed by atoms with Gasteiger partial charge in [-0.05, 0) is 57.3 Å². The van der Waals surface area contributed by atoms with Gasteiger partial charge >= 0.3 is 17.9 Å². The van der Waals surface area contributed by atoms with Crippen molar-refractivity contribution in [3.63, 3.8) is 0 Å². The second-order valence-electron chi connectivity index (χ2n) is 10.9. The maximum atomic E-state index is 12.4. The average molecular weight is 565 g/mol. The van der Waals surface area contributed by atoms with E-state index in [2.05, 4.69) is 45.1 Å². The third-order valence-electron chi connectivity index (χ3n) is 6.76. The van der Waals surface area contributed by atoms with Crippen LogP contribution >= 0.6 is 0 Å². The van der Waals surface area contributed by atoms with Gasteiger partial charge in [0.2, 0.25) is 0 Å². The minimum Gasteiger partial charge on any atom is -0.462 e. The number of hydrogen-bond acceptors (Lipinski definition) is 6. The lowest BCUT2D eigenvalue weighted by Gasteiger charge is -2.19. The van der Waals surface area contributed by atoms with E-state index >= 15 is 0 Å². The first-order chi connectivity index (χ1) is 19.4. The van der Waals surface area contributed by atoms with Crippen LogP contribution in [0, 0.1) is 5.92 Å². The van der Waals surface area contributed by atoms with E-state index in [9.17, 15) is 14.4 Å². The van der Waals surface area contributed by atoms with Crippen molar-refractivity contribution in [2.75, 3.05) is 13.2 Å². The Morgan fingerprint density at radius 3 is 1.50 bits per heavy atom. The second-order valence-corrected chi connectivity index (χ2v) is 10.9. The summed E-state index contributed by atoms with van der Waals surface area (Å²) in [5.41, 5.74) is 0. The van der Waals surface area contributed by atoms with Gasteiger partial charge in [0, 0.05) is 19.3 Å². The zero-order chi connectivity index (χ0) is 29.7. The molecule has 0 aliphatic heterocycles. The molecule has 6 heteroatoms. The predicted molar refractivity (Wildman–Crippen MR) is 164 cm³/mol. The average Bonchev–Trinajstić information content (AvgIpc) is 2.92. The van der Waals surface area contributed by atoms with Crippen LogP contribution in [0.25, 0.3) is 0 Å². The summed E-state index contributed by atoms with van der Waals surface area (Å²) in [6, 6.07) is 0. The molecule has 0 saturated carbocycles. The van der Waals surface area contributed by atoms with Crippen LogP contribution in [-0.4, -0.2) is 37.2 Å². The van der Waals surface area contributed by atoms with Gasteiger partial charge in [-0.1, -0.05) is 103 Å². The minimum atomic E-state index is -0.776. The fourth-order valence-electron chi connectivity index (χ4n) is 4.44. The van der Waals surface area contributed by atoms with Crippen LogP contribution in [0.15, 0.2) is 24.3 Å². The molecule has 0 aromatic rings. The van der Waals surface area contributed by atoms with Crippen molar-refractivity contribution in [3.05, 3.63) is 24.3 Å². The maximum Gasteiger partial charge on any atom is 0.306 e. The van der Waals surface area contributed by atoms with Gasteiger partial charge in [-0.25, -0.2) is 0 Å². The molecule has 0 amide bonds. The minimum absolute atomic E-state index is 0.0871. The van der Waals surface area contributed by atoms with E-state index in [1.54, 1.807) is 0 Å². The summed E-state index contributed by atoms with van der Waals surface area (Å²) in [6.45, 7) is 8.20. The van der Waals surface area contributed by atoms with Crippen molar-refractivity contribution >= 4 is 17.9 Å². The third-order valence-corrected chi connectivity index (χ3v) is 6.76. The van der Waals surface area contributed by atoms with Crippen LogP contribution in [0.4, 0.5) is 0 Å². The van der Waals surface area contributed by atoms with Gasteiger partial charge < -0.3 is 14.2 Å². The molecule has 0 rings (SSSR count). The highest BCUT2D eigenvalue weighted by Crippen LogP contribution is 2.13. The maximum absolute atomic E-state index is 12.4. The lowest BCUT2D eigenvalue weighted by Crippen LogP contribution is -2.31. The summed E-state index contributed by atoms with van der Waals surface area (Å²) >= 11 is 0. The predicted octanol–water partition coefficient (Wildman–Crippen LogP) is 9.20. The number of carbonyl (C=O) groups is 3. The van der Waals surface area contributed by atoms with Gasteiger partial charge in [-0.3, -0.25) is 14.4 Å². The van der Waals surface area contributed by atoms with E-state index in [4.69, 9.17) is 14.2 Å². The molecule has 0 saturated heterocycles. The van der Waals surface area contributed by atoms with Crippen LogP contribution in [0.5, 0.6) is 0 Å². The van der Waals surface area contributed by atoms with E-state index in [1.165, 1.54) is 25.7 Å². The van der Waals surface area contributed by atoms with E-state index in [0.717, 1.165) is 77.0 Å². The van der Waals surface area contributed by atoms with Crippen LogP contribution in [0.2, 0.25) is 0 Å². The molecule has 6 nitrogen and oxygen atoms in total. The zero-order valence-corrected chi connectivity index (χ0v) is 26.3. The Kier molecular flexibility index (Phi) is 26.9. The molecule has 1 unspecified atom stereocenters. The molecule has 232 valence electrons. The first-order valence-corrected chi connectivity index (χ1v) is 16.2. The van der Waals surface area contributed by atoms with E-state index in [1.807, 2.05) is 6.92 Å². The zero-order valence-electron chi connectivity index (χ0n) is 26.3. The second kappa shape index (κ2) is 28.4. The SMILES string of the molecule is CC/C=C\CCCCCCCC(=O)OCC(COC(=O)CCCCCCC/C=C\CC)OC(=O)CC(C)CCC. The Hall–Kier alpha value is -2.11. The number of rotatable bonds is 27. The van der Waals surface area contributed by atoms with Crippen LogP contribution in [0.3, 0.4) is 0 Å². The Balaban J connectivity index is 4.35. The molecule has 0 aromatic carbocycles. The van der Waals surface area contributed by atoms with Crippen molar-refractivity contribution in [2.45, 2.75) is 156 Å². The summed E-state index contributed by atoms with van der Waals surface area (Å²) in [5, 5.41) is 0. The number of esters is 3. The quantitative estimate of drug-likeness (QED) is 0.0428. The standard InChI is InChI=1S/C34H60O6/c1-5-8-10-12-14-16-18-20-22-25-32(35)38-28-31(40-34(37)27-30(4)24-7-3)29-39-33(36)26-23-21-19-17-15-13-11-9-6-2/h8-11,30-31H,5-7,12-29H2,1-4H3/b10-8-,11-9-. The van der Waals surface area contributed by atoms with Gasteiger partial charge in [-0.15, -0.1) is 0 Å². The highest BCUT2D eigenvalue weighted by molar-refractivity contribution is 5.71. The van der Waals surface area contributed by atoms with Crippen molar-refractivity contribution in [1.82, 2.24) is 0 Å². The van der Waals surface area contributed by atoms with E-state index in [0.29, 0.717) is 19.3 Å². The van der Waals surface area contributed by atoms with Crippen LogP contribution in [0.1, 0.15) is 150 Å². The molecule has 1 atom stereocenters. The van der Waals surface area contributed by atoms with Crippen molar-refractivity contribution in [2.24, 2.45) is 5.92 Å². The smallest absolute Gasteiger partial charge is 0.306 e. The summed E-state index contributed by atoms with van der Waals surface area (Å²) < 4.78 is 16.4. The number of allylic oxidation sites excluding steroid dienone is 4. The van der Waals surface area contributed by atoms with Crippen molar-refractivity contribution < 1.29 is 28.6 Å². The molecule has 0 N–H and O–H groups in total. The van der Waals surface area contributed by atoms with E-state index in [-0.39, 0.29) is 37.0 Å². The number of carbonyl (C=O) groups excluding carboxylic acids is 3. The molecular formula is C34H60O6. The van der Waals surface area contributed by atoms with Gasteiger partial charge in [0.15, 0.2) is 6.10 Å². The van der Waals surface area contributed by atoms with Gasteiger partial charge in [-0.2, -0.15) is 0 Å². The molecule has 0 fully saturated rings. The molecule has 0 bridgehead atoms. The highest BCUT2D eigenvalue weighted by Gasteiger charge is 2.20. The number of hydrogen-bond donors (Lipinski definition) is 0. The molecule has 0 spiro atoms. The lowest BCUT2D eigenvalue weighted by atomic mass is 10.0. The fourth-order valence-corrected chi connectivity index (χ4v) is 4.44. The lowest BCUT2D eigenvalue weighted by molar-refractivity contribution is -0.167. The molecule has 0 aliphatic carbocycles. The van der Waals surface area contributed by atoms with Crippen molar-refractivity contribution in [1.29, 1.82) is 0 Å². The van der Waals surface area contributed by atoms with Crippen LogP contribution < -0.4 is 0 Å².